The van der Waals surface area contributed by atoms with Crippen LogP contribution in [-0.2, 0) is 4.79 Å². The molecule has 80 valence electrons. The third kappa shape index (κ3) is 2.94. The average Bonchev–Trinajstić information content (AvgIpc) is 2.18. The first-order valence-corrected chi connectivity index (χ1v) is 4.16. The smallest absolute Gasteiger partial charge is 0.354 e. The van der Waals surface area contributed by atoms with Crippen LogP contribution in [0.15, 0.2) is 18.3 Å². The van der Waals surface area contributed by atoms with Gasteiger partial charge in [-0.2, -0.15) is 0 Å². The van der Waals surface area contributed by atoms with Crippen LogP contribution in [0.5, 0.6) is 5.75 Å². The van der Waals surface area contributed by atoms with Crippen LogP contribution in [0.4, 0.5) is 0 Å². The zero-order valence-electron chi connectivity index (χ0n) is 8.01. The van der Waals surface area contributed by atoms with Crippen LogP contribution in [-0.4, -0.2) is 28.1 Å². The molecule has 1 rings (SSSR count). The molecule has 6 heteroatoms. The van der Waals surface area contributed by atoms with Crippen LogP contribution in [0.3, 0.4) is 0 Å². The highest BCUT2D eigenvalue weighted by Crippen LogP contribution is 2.10. The number of hydrogen-bond donors (Lipinski definition) is 2. The summed E-state index contributed by atoms with van der Waals surface area (Å²) in [5.74, 6) is -1.42. The molecule has 15 heavy (non-hydrogen) atoms. The molecule has 1 unspecified atom stereocenters. The number of carbonyl (C=O) groups is 2. The third-order valence-electron chi connectivity index (χ3n) is 1.67. The van der Waals surface area contributed by atoms with Gasteiger partial charge in [0.25, 0.3) is 5.91 Å². The number of carboxylic acids is 1. The fourth-order valence-electron chi connectivity index (χ4n) is 0.839. The number of carboxylic acid groups (broad SMARTS) is 1. The van der Waals surface area contributed by atoms with Crippen LogP contribution in [0, 0.1) is 0 Å². The monoisotopic (exact) mass is 210 g/mol. The van der Waals surface area contributed by atoms with Crippen molar-refractivity contribution in [3.63, 3.8) is 0 Å². The Morgan fingerprint density at radius 2 is 2.20 bits per heavy atom. The number of aromatic carboxylic acids is 1. The molecule has 0 aliphatic carbocycles. The standard InChI is InChI=1S/C9H10N2O4/c1-5(8(10)12)15-6-2-3-7(9(13)14)11-4-6/h2-5H,1H3,(H2,10,12)(H,13,14). The number of carbonyl (C=O) groups excluding carboxylic acids is 1. The van der Waals surface area contributed by atoms with E-state index < -0.39 is 18.0 Å². The zero-order chi connectivity index (χ0) is 11.4. The Morgan fingerprint density at radius 3 is 2.60 bits per heavy atom. The van der Waals surface area contributed by atoms with Gasteiger partial charge >= 0.3 is 5.97 Å². The second-order valence-corrected chi connectivity index (χ2v) is 2.85. The van der Waals surface area contributed by atoms with Crippen LogP contribution < -0.4 is 10.5 Å². The predicted octanol–water partition coefficient (Wildman–Crippen LogP) is 0.0324. The van der Waals surface area contributed by atoms with Crippen molar-refractivity contribution in [2.45, 2.75) is 13.0 Å². The molecule has 0 aliphatic heterocycles. The molecule has 1 aromatic heterocycles. The van der Waals surface area contributed by atoms with Gasteiger partial charge in [0.05, 0.1) is 6.20 Å². The fraction of sp³-hybridized carbons (Fsp3) is 0.222. The average molecular weight is 210 g/mol. The van der Waals surface area contributed by atoms with Crippen molar-refractivity contribution in [3.05, 3.63) is 24.0 Å². The minimum Gasteiger partial charge on any atom is -0.479 e. The summed E-state index contributed by atoms with van der Waals surface area (Å²) in [5.41, 5.74) is 4.89. The quantitative estimate of drug-likeness (QED) is 0.729. The molecule has 1 aromatic rings. The number of primary amides is 1. The molecule has 1 heterocycles. The minimum atomic E-state index is -1.12. The lowest BCUT2D eigenvalue weighted by Crippen LogP contribution is -2.30. The van der Waals surface area contributed by atoms with Gasteiger partial charge in [0.1, 0.15) is 11.4 Å². The summed E-state index contributed by atoms with van der Waals surface area (Å²) in [6, 6.07) is 2.70. The van der Waals surface area contributed by atoms with E-state index in [-0.39, 0.29) is 5.69 Å². The van der Waals surface area contributed by atoms with E-state index >= 15 is 0 Å². The van der Waals surface area contributed by atoms with Crippen molar-refractivity contribution < 1.29 is 19.4 Å². The molecule has 0 radical (unpaired) electrons. The predicted molar refractivity (Wildman–Crippen MR) is 50.5 cm³/mol. The topological polar surface area (TPSA) is 103 Å². The fourth-order valence-corrected chi connectivity index (χ4v) is 0.839. The van der Waals surface area contributed by atoms with Gasteiger partial charge in [-0.25, -0.2) is 9.78 Å². The number of amides is 1. The largest absolute Gasteiger partial charge is 0.479 e. The molecule has 0 aliphatic rings. The maximum Gasteiger partial charge on any atom is 0.354 e. The molecule has 0 saturated heterocycles. The summed E-state index contributed by atoms with van der Waals surface area (Å²) in [4.78, 5) is 24.7. The van der Waals surface area contributed by atoms with Gasteiger partial charge in [-0.1, -0.05) is 0 Å². The van der Waals surface area contributed by atoms with Crippen LogP contribution in [0.2, 0.25) is 0 Å². The van der Waals surface area contributed by atoms with Gasteiger partial charge in [-0.05, 0) is 19.1 Å². The number of pyridine rings is 1. The molecule has 6 nitrogen and oxygen atoms in total. The van der Waals surface area contributed by atoms with Gasteiger partial charge in [-0.15, -0.1) is 0 Å². The molecule has 0 saturated carbocycles. The Labute approximate surface area is 85.7 Å². The molecule has 0 aromatic carbocycles. The Hall–Kier alpha value is -2.11. The Bertz CT molecular complexity index is 374. The van der Waals surface area contributed by atoms with Crippen molar-refractivity contribution >= 4 is 11.9 Å². The molecular formula is C9H10N2O4. The van der Waals surface area contributed by atoms with Crippen molar-refractivity contribution in [3.8, 4) is 5.75 Å². The molecular weight excluding hydrogens is 200 g/mol. The van der Waals surface area contributed by atoms with Gasteiger partial charge in [0.15, 0.2) is 6.10 Å². The highest BCUT2D eigenvalue weighted by atomic mass is 16.5. The van der Waals surface area contributed by atoms with Gasteiger partial charge < -0.3 is 15.6 Å². The van der Waals surface area contributed by atoms with E-state index in [0.29, 0.717) is 5.75 Å². The molecule has 3 N–H and O–H groups in total. The van der Waals surface area contributed by atoms with Crippen molar-refractivity contribution in [1.82, 2.24) is 4.98 Å². The Balaban J connectivity index is 2.72. The van der Waals surface area contributed by atoms with Crippen molar-refractivity contribution in [1.29, 1.82) is 0 Å². The van der Waals surface area contributed by atoms with Gasteiger partial charge in [0, 0.05) is 0 Å². The number of hydrogen-bond acceptors (Lipinski definition) is 4. The molecule has 0 spiro atoms. The zero-order valence-corrected chi connectivity index (χ0v) is 8.01. The Kier molecular flexibility index (Phi) is 3.22. The first-order chi connectivity index (χ1) is 7.00. The Morgan fingerprint density at radius 1 is 1.53 bits per heavy atom. The molecule has 0 bridgehead atoms. The second-order valence-electron chi connectivity index (χ2n) is 2.85. The summed E-state index contributed by atoms with van der Waals surface area (Å²) in [5, 5.41) is 8.57. The van der Waals surface area contributed by atoms with Crippen LogP contribution in [0.25, 0.3) is 0 Å². The van der Waals surface area contributed by atoms with Gasteiger partial charge in [0.2, 0.25) is 0 Å². The first-order valence-electron chi connectivity index (χ1n) is 4.16. The summed E-state index contributed by atoms with van der Waals surface area (Å²) in [6.07, 6.45) is 0.450. The van der Waals surface area contributed by atoms with E-state index in [4.69, 9.17) is 15.6 Å². The molecule has 1 atom stereocenters. The maximum atomic E-state index is 10.7. The maximum absolute atomic E-state index is 10.7. The number of aromatic nitrogens is 1. The lowest BCUT2D eigenvalue weighted by atomic mass is 10.3. The van der Waals surface area contributed by atoms with Crippen LogP contribution >= 0.6 is 0 Å². The molecule has 1 amide bonds. The van der Waals surface area contributed by atoms with Crippen LogP contribution in [0.1, 0.15) is 17.4 Å². The first kappa shape index (κ1) is 11.0. The van der Waals surface area contributed by atoms with E-state index in [1.807, 2.05) is 0 Å². The van der Waals surface area contributed by atoms with Crippen molar-refractivity contribution in [2.24, 2.45) is 5.73 Å². The summed E-state index contributed by atoms with van der Waals surface area (Å²) in [6.45, 7) is 1.49. The van der Waals surface area contributed by atoms with E-state index in [1.165, 1.54) is 25.3 Å². The number of nitrogens with two attached hydrogens (primary N) is 1. The summed E-state index contributed by atoms with van der Waals surface area (Å²) < 4.78 is 5.08. The number of nitrogens with zero attached hydrogens (tertiary/aromatic N) is 1. The summed E-state index contributed by atoms with van der Waals surface area (Å²) in [7, 11) is 0. The number of rotatable bonds is 4. The second kappa shape index (κ2) is 4.41. The number of ether oxygens (including phenoxy) is 1. The summed E-state index contributed by atoms with van der Waals surface area (Å²) >= 11 is 0. The third-order valence-corrected chi connectivity index (χ3v) is 1.67. The normalized spacial score (nSPS) is 11.8. The van der Waals surface area contributed by atoms with E-state index in [0.717, 1.165) is 0 Å². The van der Waals surface area contributed by atoms with E-state index in [9.17, 15) is 9.59 Å². The lowest BCUT2D eigenvalue weighted by molar-refractivity contribution is -0.123. The van der Waals surface area contributed by atoms with E-state index in [2.05, 4.69) is 4.98 Å². The van der Waals surface area contributed by atoms with Crippen molar-refractivity contribution in [2.75, 3.05) is 0 Å². The highest BCUT2D eigenvalue weighted by Gasteiger charge is 2.11. The van der Waals surface area contributed by atoms with Gasteiger partial charge in [-0.3, -0.25) is 4.79 Å². The SMILES string of the molecule is CC(Oc1ccc(C(=O)O)nc1)C(N)=O. The minimum absolute atomic E-state index is 0.0888. The lowest BCUT2D eigenvalue weighted by Gasteiger charge is -2.10. The van der Waals surface area contributed by atoms with E-state index in [1.54, 1.807) is 0 Å². The molecule has 0 fully saturated rings. The highest BCUT2D eigenvalue weighted by molar-refractivity contribution is 5.85.